The zero-order valence-corrected chi connectivity index (χ0v) is 11.0. The lowest BCUT2D eigenvalue weighted by Crippen LogP contribution is -2.23. The second-order valence-corrected chi connectivity index (χ2v) is 5.01. The third-order valence-electron chi connectivity index (χ3n) is 2.57. The Morgan fingerprint density at radius 2 is 2.00 bits per heavy atom. The van der Waals surface area contributed by atoms with E-state index in [1.54, 1.807) is 11.3 Å². The van der Waals surface area contributed by atoms with Gasteiger partial charge in [-0.3, -0.25) is 0 Å². The van der Waals surface area contributed by atoms with Crippen LogP contribution in [0.2, 0.25) is 0 Å². The molecule has 0 fully saturated rings. The van der Waals surface area contributed by atoms with Gasteiger partial charge in [-0.2, -0.15) is 13.2 Å². The summed E-state index contributed by atoms with van der Waals surface area (Å²) < 4.78 is 41.2. The van der Waals surface area contributed by atoms with E-state index in [0.717, 1.165) is 5.56 Å². The van der Waals surface area contributed by atoms with E-state index in [2.05, 4.69) is 21.5 Å². The minimum absolute atomic E-state index is 0.0571. The van der Waals surface area contributed by atoms with Crippen LogP contribution in [0.1, 0.15) is 5.56 Å². The second-order valence-electron chi connectivity index (χ2n) is 4.10. The van der Waals surface area contributed by atoms with E-state index in [4.69, 9.17) is 0 Å². The van der Waals surface area contributed by atoms with E-state index in [-0.39, 0.29) is 6.61 Å². The number of hydrogen-bond acceptors (Lipinski definition) is 3. The zero-order chi connectivity index (χ0) is 13.7. The summed E-state index contributed by atoms with van der Waals surface area (Å²) in [4.78, 5) is 0. The van der Waals surface area contributed by atoms with Gasteiger partial charge in [0.15, 0.2) is 0 Å². The summed E-state index contributed by atoms with van der Waals surface area (Å²) in [5, 5.41) is 6.34. The van der Waals surface area contributed by atoms with Gasteiger partial charge in [-0.1, -0.05) is 18.2 Å². The maximum Gasteiger partial charge on any atom is 0.411 e. The van der Waals surface area contributed by atoms with Gasteiger partial charge in [-0.15, -0.1) is 11.3 Å². The van der Waals surface area contributed by atoms with Crippen LogP contribution in [0.5, 0.6) is 0 Å². The highest BCUT2D eigenvalue weighted by Gasteiger charge is 2.27. The van der Waals surface area contributed by atoms with E-state index < -0.39 is 12.8 Å². The number of thiophene rings is 1. The Morgan fingerprint density at radius 3 is 2.79 bits per heavy atom. The number of fused-ring (bicyclic) bond motifs is 1. The summed E-state index contributed by atoms with van der Waals surface area (Å²) in [6.45, 7) is -0.0860. The molecule has 0 atom stereocenters. The molecule has 0 aliphatic rings. The highest BCUT2D eigenvalue weighted by molar-refractivity contribution is 7.17. The van der Waals surface area contributed by atoms with Crippen molar-refractivity contribution in [3.05, 3.63) is 35.2 Å². The van der Waals surface area contributed by atoms with E-state index in [1.807, 2.05) is 18.2 Å². The number of hydrogen-bond donors (Lipinski definition) is 1. The molecule has 0 aliphatic carbocycles. The molecule has 2 aromatic rings. The average molecular weight is 289 g/mol. The molecule has 0 unspecified atom stereocenters. The van der Waals surface area contributed by atoms with Gasteiger partial charge in [-0.25, -0.2) is 0 Å². The molecule has 1 aromatic carbocycles. The van der Waals surface area contributed by atoms with E-state index >= 15 is 0 Å². The molecule has 0 saturated carbocycles. The highest BCUT2D eigenvalue weighted by atomic mass is 32.1. The lowest BCUT2D eigenvalue weighted by atomic mass is 10.2. The summed E-state index contributed by atoms with van der Waals surface area (Å²) in [6.07, 6.45) is -4.25. The molecule has 1 N–H and O–H groups in total. The second kappa shape index (κ2) is 6.36. The molecule has 19 heavy (non-hydrogen) atoms. The Bertz CT molecular complexity index is 524. The average Bonchev–Trinajstić information content (AvgIpc) is 2.76. The predicted octanol–water partition coefficient (Wildman–Crippen LogP) is 3.57. The number of alkyl halides is 3. The standard InChI is InChI=1S/C13H14F3NOS/c14-13(15,16)9-18-6-5-17-7-10-8-19-12-4-2-1-3-11(10)12/h1-4,8,17H,5-7,9H2. The monoisotopic (exact) mass is 289 g/mol. The summed E-state index contributed by atoms with van der Waals surface area (Å²) in [7, 11) is 0. The fraction of sp³-hybridized carbons (Fsp3) is 0.385. The van der Waals surface area contributed by atoms with Crippen LogP contribution in [0.4, 0.5) is 13.2 Å². The fourth-order valence-electron chi connectivity index (χ4n) is 1.72. The van der Waals surface area contributed by atoms with Crippen LogP contribution in [0, 0.1) is 0 Å². The van der Waals surface area contributed by atoms with Gasteiger partial charge in [0, 0.05) is 17.8 Å². The lowest BCUT2D eigenvalue weighted by Gasteiger charge is -2.08. The SMILES string of the molecule is FC(F)(F)COCCNCc1csc2ccccc12. The Labute approximate surface area is 113 Å². The van der Waals surface area contributed by atoms with Crippen LogP contribution >= 0.6 is 11.3 Å². The summed E-state index contributed by atoms with van der Waals surface area (Å²) in [5.41, 5.74) is 1.16. The van der Waals surface area contributed by atoms with Gasteiger partial charge in [-0.05, 0) is 22.4 Å². The Kier molecular flexibility index (Phi) is 4.79. The third-order valence-corrected chi connectivity index (χ3v) is 3.58. The molecule has 2 nitrogen and oxygen atoms in total. The number of nitrogens with one attached hydrogen (secondary N) is 1. The molecule has 0 saturated heterocycles. The molecule has 6 heteroatoms. The zero-order valence-electron chi connectivity index (χ0n) is 10.2. The normalized spacial score (nSPS) is 12.2. The third kappa shape index (κ3) is 4.49. The first-order valence-corrected chi connectivity index (χ1v) is 6.74. The molecule has 1 heterocycles. The molecule has 0 aliphatic heterocycles. The van der Waals surface area contributed by atoms with Gasteiger partial charge in [0.25, 0.3) is 0 Å². The summed E-state index contributed by atoms with van der Waals surface area (Å²) in [5.74, 6) is 0. The largest absolute Gasteiger partial charge is 0.411 e. The van der Waals surface area contributed by atoms with Gasteiger partial charge in [0.1, 0.15) is 6.61 Å². The highest BCUT2D eigenvalue weighted by Crippen LogP contribution is 2.25. The smallest absolute Gasteiger partial charge is 0.371 e. The van der Waals surface area contributed by atoms with E-state index in [1.165, 1.54) is 10.1 Å². The van der Waals surface area contributed by atoms with Crippen molar-refractivity contribution in [2.75, 3.05) is 19.8 Å². The van der Waals surface area contributed by atoms with Crippen molar-refractivity contribution in [1.82, 2.24) is 5.32 Å². The molecule has 2 rings (SSSR count). The van der Waals surface area contributed by atoms with Crippen LogP contribution in [0.3, 0.4) is 0 Å². The number of halogens is 3. The van der Waals surface area contributed by atoms with Crippen molar-refractivity contribution in [1.29, 1.82) is 0 Å². The molecule has 104 valence electrons. The van der Waals surface area contributed by atoms with Crippen molar-refractivity contribution >= 4 is 21.4 Å². The Balaban J connectivity index is 1.71. The molecule has 0 radical (unpaired) electrons. The maximum atomic E-state index is 11.8. The topological polar surface area (TPSA) is 21.3 Å². The summed E-state index contributed by atoms with van der Waals surface area (Å²) in [6, 6.07) is 8.06. The van der Waals surface area contributed by atoms with Crippen LogP contribution in [0.25, 0.3) is 10.1 Å². The number of ether oxygens (including phenoxy) is 1. The van der Waals surface area contributed by atoms with Gasteiger partial charge < -0.3 is 10.1 Å². The lowest BCUT2D eigenvalue weighted by molar-refractivity contribution is -0.173. The Morgan fingerprint density at radius 1 is 1.21 bits per heavy atom. The fourth-order valence-corrected chi connectivity index (χ4v) is 2.69. The minimum Gasteiger partial charge on any atom is -0.371 e. The van der Waals surface area contributed by atoms with Crippen LogP contribution < -0.4 is 5.32 Å². The molecule has 0 spiro atoms. The minimum atomic E-state index is -4.25. The molecular formula is C13H14F3NOS. The van der Waals surface area contributed by atoms with Gasteiger partial charge in [0.05, 0.1) is 6.61 Å². The first-order chi connectivity index (χ1) is 9.06. The molecular weight excluding hydrogens is 275 g/mol. The maximum absolute atomic E-state index is 11.8. The molecule has 1 aromatic heterocycles. The van der Waals surface area contributed by atoms with Crippen molar-refractivity contribution in [2.45, 2.75) is 12.7 Å². The van der Waals surface area contributed by atoms with Crippen LogP contribution in [-0.2, 0) is 11.3 Å². The van der Waals surface area contributed by atoms with E-state index in [9.17, 15) is 13.2 Å². The van der Waals surface area contributed by atoms with Crippen molar-refractivity contribution in [3.8, 4) is 0 Å². The van der Waals surface area contributed by atoms with Crippen molar-refractivity contribution in [3.63, 3.8) is 0 Å². The van der Waals surface area contributed by atoms with Crippen LogP contribution in [-0.4, -0.2) is 25.9 Å². The first-order valence-electron chi connectivity index (χ1n) is 5.86. The summed E-state index contributed by atoms with van der Waals surface area (Å²) >= 11 is 1.67. The van der Waals surface area contributed by atoms with Crippen molar-refractivity contribution in [2.24, 2.45) is 0 Å². The van der Waals surface area contributed by atoms with Crippen molar-refractivity contribution < 1.29 is 17.9 Å². The first kappa shape index (κ1) is 14.3. The number of rotatable bonds is 6. The number of benzene rings is 1. The van der Waals surface area contributed by atoms with E-state index in [0.29, 0.717) is 13.1 Å². The van der Waals surface area contributed by atoms with Crippen LogP contribution in [0.15, 0.2) is 29.6 Å². The molecule has 0 bridgehead atoms. The quantitative estimate of drug-likeness (QED) is 0.821. The van der Waals surface area contributed by atoms with Gasteiger partial charge in [0.2, 0.25) is 0 Å². The van der Waals surface area contributed by atoms with Gasteiger partial charge >= 0.3 is 6.18 Å². The molecule has 0 amide bonds. The predicted molar refractivity (Wildman–Crippen MR) is 70.4 cm³/mol. The Hall–Kier alpha value is -1.11.